The molecular weight excluding hydrogens is 288 g/mol. The molecule has 8 nitrogen and oxygen atoms in total. The van der Waals surface area contributed by atoms with E-state index in [2.05, 4.69) is 4.98 Å². The molecule has 0 unspecified atom stereocenters. The number of carbonyl (C=O) groups excluding carboxylic acids is 2. The third-order valence-corrected chi connectivity index (χ3v) is 3.53. The third-order valence-electron chi connectivity index (χ3n) is 3.53. The summed E-state index contributed by atoms with van der Waals surface area (Å²) in [6.45, 7) is 0.817. The zero-order valence-corrected chi connectivity index (χ0v) is 11.5. The topological polar surface area (TPSA) is 98.3 Å². The summed E-state index contributed by atoms with van der Waals surface area (Å²) in [6, 6.07) is 4.09. The fourth-order valence-corrected chi connectivity index (χ4v) is 2.50. The number of hydrogen-bond donors (Lipinski definition) is 0. The Kier molecular flexibility index (Phi) is 3.42. The molecule has 0 radical (unpaired) electrons. The van der Waals surface area contributed by atoms with Crippen molar-refractivity contribution >= 4 is 17.5 Å². The second kappa shape index (κ2) is 5.40. The number of hydrogen-bond acceptors (Lipinski definition) is 5. The molecular formula is C14H12N4O4. The first-order valence-electron chi connectivity index (χ1n) is 6.69. The van der Waals surface area contributed by atoms with Crippen LogP contribution in [0.1, 0.15) is 27.1 Å². The highest BCUT2D eigenvalue weighted by atomic mass is 16.6. The maximum Gasteiger partial charge on any atom is 0.282 e. The molecule has 1 aliphatic heterocycles. The Bertz CT molecular complexity index is 754. The number of nitro benzene ring substituents is 1. The van der Waals surface area contributed by atoms with Crippen molar-refractivity contribution < 1.29 is 14.5 Å². The number of carbonyl (C=O) groups is 2. The summed E-state index contributed by atoms with van der Waals surface area (Å²) in [5.74, 6) is -1.08. The van der Waals surface area contributed by atoms with E-state index < -0.39 is 16.7 Å². The fraction of sp³-hybridized carbons (Fsp3) is 0.214. The zero-order valence-electron chi connectivity index (χ0n) is 11.5. The highest BCUT2D eigenvalue weighted by Gasteiger charge is 2.40. The average Bonchev–Trinajstić information content (AvgIpc) is 3.10. The number of rotatable bonds is 5. The van der Waals surface area contributed by atoms with Gasteiger partial charge in [-0.25, -0.2) is 4.98 Å². The smallest absolute Gasteiger partial charge is 0.282 e. The van der Waals surface area contributed by atoms with Gasteiger partial charge in [0.15, 0.2) is 0 Å². The van der Waals surface area contributed by atoms with E-state index in [1.165, 1.54) is 18.2 Å². The van der Waals surface area contributed by atoms with E-state index in [4.69, 9.17) is 0 Å². The second-order valence-corrected chi connectivity index (χ2v) is 4.87. The van der Waals surface area contributed by atoms with E-state index >= 15 is 0 Å². The zero-order chi connectivity index (χ0) is 15.7. The van der Waals surface area contributed by atoms with Crippen molar-refractivity contribution in [3.05, 3.63) is 58.2 Å². The van der Waals surface area contributed by atoms with Crippen LogP contribution in [0.5, 0.6) is 0 Å². The van der Waals surface area contributed by atoms with Crippen LogP contribution in [0.3, 0.4) is 0 Å². The Morgan fingerprint density at radius 3 is 2.68 bits per heavy atom. The van der Waals surface area contributed by atoms with Crippen LogP contribution in [-0.2, 0) is 6.54 Å². The summed E-state index contributed by atoms with van der Waals surface area (Å²) in [4.78, 5) is 39.9. The van der Waals surface area contributed by atoms with Crippen molar-refractivity contribution in [3.63, 3.8) is 0 Å². The van der Waals surface area contributed by atoms with Crippen molar-refractivity contribution in [1.29, 1.82) is 0 Å². The van der Waals surface area contributed by atoms with E-state index in [-0.39, 0.29) is 23.4 Å². The van der Waals surface area contributed by atoms with Crippen LogP contribution in [0.2, 0.25) is 0 Å². The Balaban J connectivity index is 1.78. The number of imidazole rings is 1. The van der Waals surface area contributed by atoms with Crippen molar-refractivity contribution in [2.75, 3.05) is 6.54 Å². The summed E-state index contributed by atoms with van der Waals surface area (Å²) < 4.78 is 1.83. The van der Waals surface area contributed by atoms with Crippen LogP contribution in [0.4, 0.5) is 5.69 Å². The van der Waals surface area contributed by atoms with Crippen molar-refractivity contribution in [1.82, 2.24) is 14.5 Å². The largest absolute Gasteiger partial charge is 0.337 e. The van der Waals surface area contributed by atoms with E-state index in [0.29, 0.717) is 13.0 Å². The lowest BCUT2D eigenvalue weighted by Gasteiger charge is -2.13. The average molecular weight is 300 g/mol. The molecule has 0 saturated heterocycles. The number of amides is 2. The molecule has 0 aliphatic carbocycles. The van der Waals surface area contributed by atoms with Gasteiger partial charge in [-0.2, -0.15) is 0 Å². The molecule has 2 amide bonds. The molecule has 0 saturated carbocycles. The van der Waals surface area contributed by atoms with Crippen molar-refractivity contribution in [2.45, 2.75) is 13.0 Å². The number of aromatic nitrogens is 2. The maximum atomic E-state index is 12.3. The van der Waals surface area contributed by atoms with Gasteiger partial charge in [-0.1, -0.05) is 6.07 Å². The summed E-state index contributed by atoms with van der Waals surface area (Å²) in [6.07, 6.45) is 5.63. The van der Waals surface area contributed by atoms with Crippen molar-refractivity contribution in [3.8, 4) is 0 Å². The standard InChI is InChI=1S/C14H12N4O4/c19-13-10-3-1-4-11(18(21)22)12(10)14(20)17(13)7-2-6-16-8-5-15-9-16/h1,3-5,8-9H,2,6-7H2. The lowest BCUT2D eigenvalue weighted by atomic mass is 10.1. The van der Waals surface area contributed by atoms with Crippen LogP contribution < -0.4 is 0 Å². The second-order valence-electron chi connectivity index (χ2n) is 4.87. The van der Waals surface area contributed by atoms with E-state index in [0.717, 1.165) is 4.90 Å². The predicted molar refractivity (Wildman–Crippen MR) is 75.3 cm³/mol. The number of aryl methyl sites for hydroxylation is 1. The molecule has 0 N–H and O–H groups in total. The molecule has 1 aliphatic rings. The number of nitro groups is 1. The normalized spacial score (nSPS) is 13.5. The number of nitrogens with zero attached hydrogens (tertiary/aromatic N) is 4. The summed E-state index contributed by atoms with van der Waals surface area (Å²) in [5.41, 5.74) is -0.338. The van der Waals surface area contributed by atoms with Crippen LogP contribution in [0.25, 0.3) is 0 Å². The van der Waals surface area contributed by atoms with Crippen molar-refractivity contribution in [2.24, 2.45) is 0 Å². The highest BCUT2D eigenvalue weighted by molar-refractivity contribution is 6.23. The van der Waals surface area contributed by atoms with Gasteiger partial charge >= 0.3 is 0 Å². The summed E-state index contributed by atoms with van der Waals surface area (Å²) in [5, 5.41) is 11.0. The first-order chi connectivity index (χ1) is 10.6. The SMILES string of the molecule is O=C1c2cccc([N+](=O)[O-])c2C(=O)N1CCCn1ccnc1. The monoisotopic (exact) mass is 300 g/mol. The Hall–Kier alpha value is -3.03. The van der Waals surface area contributed by atoms with Gasteiger partial charge in [-0.3, -0.25) is 24.6 Å². The molecule has 3 rings (SSSR count). The van der Waals surface area contributed by atoms with E-state index in [9.17, 15) is 19.7 Å². The molecule has 0 fully saturated rings. The van der Waals surface area contributed by atoms with E-state index in [1.807, 2.05) is 4.57 Å². The molecule has 8 heteroatoms. The number of imide groups is 1. The fourth-order valence-electron chi connectivity index (χ4n) is 2.50. The maximum absolute atomic E-state index is 12.3. The molecule has 1 aromatic heterocycles. The lowest BCUT2D eigenvalue weighted by Crippen LogP contribution is -2.31. The van der Waals surface area contributed by atoms with Gasteiger partial charge in [0.25, 0.3) is 17.5 Å². The Morgan fingerprint density at radius 2 is 2.00 bits per heavy atom. The molecule has 2 heterocycles. The Labute approximate surface area is 125 Å². The van der Waals surface area contributed by atoms with E-state index in [1.54, 1.807) is 18.7 Å². The highest BCUT2D eigenvalue weighted by Crippen LogP contribution is 2.30. The van der Waals surface area contributed by atoms with Gasteiger partial charge in [0, 0.05) is 31.5 Å². The number of fused-ring (bicyclic) bond motifs is 1. The Morgan fingerprint density at radius 1 is 1.18 bits per heavy atom. The van der Waals surface area contributed by atoms with Crippen LogP contribution >= 0.6 is 0 Å². The molecule has 0 bridgehead atoms. The molecule has 2 aromatic rings. The minimum Gasteiger partial charge on any atom is -0.337 e. The molecule has 0 spiro atoms. The van der Waals surface area contributed by atoms with Gasteiger partial charge in [-0.15, -0.1) is 0 Å². The first kappa shape index (κ1) is 13.9. The van der Waals surface area contributed by atoms with Gasteiger partial charge in [0.2, 0.25) is 0 Å². The summed E-state index contributed by atoms with van der Waals surface area (Å²) >= 11 is 0. The summed E-state index contributed by atoms with van der Waals surface area (Å²) in [7, 11) is 0. The van der Waals surface area contributed by atoms with Crippen LogP contribution in [0, 0.1) is 10.1 Å². The van der Waals surface area contributed by atoms with Gasteiger partial charge < -0.3 is 4.57 Å². The molecule has 112 valence electrons. The van der Waals surface area contributed by atoms with Crippen LogP contribution in [-0.4, -0.2) is 37.7 Å². The lowest BCUT2D eigenvalue weighted by molar-refractivity contribution is -0.385. The van der Waals surface area contributed by atoms with Crippen LogP contribution in [0.15, 0.2) is 36.9 Å². The van der Waals surface area contributed by atoms with Gasteiger partial charge in [-0.05, 0) is 12.5 Å². The minimum atomic E-state index is -0.640. The van der Waals surface area contributed by atoms with Gasteiger partial charge in [0.1, 0.15) is 5.56 Å². The first-order valence-corrected chi connectivity index (χ1v) is 6.69. The molecule has 0 atom stereocenters. The predicted octanol–water partition coefficient (Wildman–Crippen LogP) is 1.48. The molecule has 1 aromatic carbocycles. The quantitative estimate of drug-likeness (QED) is 0.473. The third kappa shape index (κ3) is 2.24. The van der Waals surface area contributed by atoms with Gasteiger partial charge in [0.05, 0.1) is 16.8 Å². The number of benzene rings is 1. The molecule has 22 heavy (non-hydrogen) atoms. The minimum absolute atomic E-state index is 0.0989.